The lowest BCUT2D eigenvalue weighted by Gasteiger charge is -2.36. The zero-order valence-electron chi connectivity index (χ0n) is 18.4. The summed E-state index contributed by atoms with van der Waals surface area (Å²) in [7, 11) is -0.246. The lowest BCUT2D eigenvalue weighted by molar-refractivity contribution is 0.276. The minimum absolute atomic E-state index is 0.149. The summed E-state index contributed by atoms with van der Waals surface area (Å²) in [6.45, 7) is 19.8. The topological polar surface area (TPSA) is 18.5 Å². The van der Waals surface area contributed by atoms with Gasteiger partial charge in [0.05, 0.1) is 13.7 Å². The Kier molecular flexibility index (Phi) is 5.63. The van der Waals surface area contributed by atoms with Gasteiger partial charge in [-0.25, -0.2) is 4.39 Å². The van der Waals surface area contributed by atoms with Crippen molar-refractivity contribution >= 4 is 8.32 Å². The van der Waals surface area contributed by atoms with Gasteiger partial charge in [-0.15, -0.1) is 0 Å². The van der Waals surface area contributed by atoms with E-state index in [1.165, 1.54) is 6.07 Å². The molecule has 0 amide bonds. The van der Waals surface area contributed by atoms with Crippen molar-refractivity contribution in [3.8, 4) is 16.9 Å². The Morgan fingerprint density at radius 3 is 2.48 bits per heavy atom. The molecule has 0 fully saturated rings. The number of methoxy groups -OCH3 is 1. The number of fused-ring (bicyclic) bond motifs is 3. The number of ether oxygens (including phenoxy) is 1. The highest BCUT2D eigenvalue weighted by molar-refractivity contribution is 6.74. The fourth-order valence-corrected chi connectivity index (χ4v) is 4.58. The fraction of sp³-hybridized carbons (Fsp3) is 0.360. The van der Waals surface area contributed by atoms with Crippen LogP contribution in [0.3, 0.4) is 0 Å². The summed E-state index contributed by atoms with van der Waals surface area (Å²) in [5.41, 5.74) is 5.27. The third-order valence-corrected chi connectivity index (χ3v) is 10.9. The van der Waals surface area contributed by atoms with Crippen molar-refractivity contribution in [1.29, 1.82) is 0 Å². The van der Waals surface area contributed by atoms with Crippen LogP contribution in [0.4, 0.5) is 4.39 Å². The average Bonchev–Trinajstić information content (AvgIpc) is 3.00. The summed E-state index contributed by atoms with van der Waals surface area (Å²) in [5.74, 6) is 0.257. The van der Waals surface area contributed by atoms with Crippen LogP contribution in [0.25, 0.3) is 11.1 Å². The summed E-state index contributed by atoms with van der Waals surface area (Å²) in [6.07, 6.45) is 1.74. The first-order valence-electron chi connectivity index (χ1n) is 9.96. The van der Waals surface area contributed by atoms with E-state index >= 15 is 0 Å². The predicted octanol–water partition coefficient (Wildman–Crippen LogP) is 7.21. The van der Waals surface area contributed by atoms with Crippen LogP contribution in [0.1, 0.15) is 43.4 Å². The van der Waals surface area contributed by atoms with Crippen molar-refractivity contribution in [2.24, 2.45) is 0 Å². The second-order valence-electron chi connectivity index (χ2n) is 9.22. The maximum absolute atomic E-state index is 14.8. The normalized spacial score (nSPS) is 15.6. The van der Waals surface area contributed by atoms with Crippen LogP contribution in [0.5, 0.6) is 5.75 Å². The SMILES string of the molecule is C=CC(=C)C1c2cc(CO[Si](C)(C)C(C)(C)C)ccc2-c2c(F)ccc(OC)c21. The third-order valence-electron chi connectivity index (χ3n) is 6.40. The van der Waals surface area contributed by atoms with Gasteiger partial charge in [-0.2, -0.15) is 0 Å². The van der Waals surface area contributed by atoms with Gasteiger partial charge in [0, 0.05) is 17.0 Å². The molecule has 1 unspecified atom stereocenters. The largest absolute Gasteiger partial charge is 0.496 e. The number of benzene rings is 2. The van der Waals surface area contributed by atoms with E-state index in [-0.39, 0.29) is 16.8 Å². The van der Waals surface area contributed by atoms with Gasteiger partial charge in [-0.3, -0.25) is 0 Å². The molecule has 0 radical (unpaired) electrons. The number of rotatable bonds is 6. The van der Waals surface area contributed by atoms with E-state index in [0.717, 1.165) is 27.8 Å². The van der Waals surface area contributed by atoms with Gasteiger partial charge in [0.25, 0.3) is 0 Å². The molecule has 154 valence electrons. The Bertz CT molecular complexity index is 970. The van der Waals surface area contributed by atoms with Gasteiger partial charge in [-0.05, 0) is 52.5 Å². The molecule has 3 rings (SSSR count). The molecule has 0 aromatic heterocycles. The lowest BCUT2D eigenvalue weighted by Crippen LogP contribution is -2.40. The van der Waals surface area contributed by atoms with Gasteiger partial charge in [-0.1, -0.05) is 58.2 Å². The standard InChI is InChI=1S/C25H31FO2Si/c1-9-16(2)22-19-14-17(15-28-29(7,8)25(3,4)5)10-11-18(19)23-20(26)12-13-21(27-6)24(22)23/h9-14,22H,1-2,15H2,3-8H3. The molecule has 2 nitrogen and oxygen atoms in total. The highest BCUT2D eigenvalue weighted by atomic mass is 28.4. The van der Waals surface area contributed by atoms with Gasteiger partial charge in [0.2, 0.25) is 0 Å². The molecule has 0 bridgehead atoms. The Morgan fingerprint density at radius 1 is 1.21 bits per heavy atom. The molecular weight excluding hydrogens is 379 g/mol. The van der Waals surface area contributed by atoms with Crippen LogP contribution < -0.4 is 4.74 Å². The summed E-state index contributed by atoms with van der Waals surface area (Å²) in [5, 5.41) is 0.149. The van der Waals surface area contributed by atoms with E-state index in [0.29, 0.717) is 17.9 Å². The van der Waals surface area contributed by atoms with Crippen LogP contribution in [-0.4, -0.2) is 15.4 Å². The van der Waals surface area contributed by atoms with Gasteiger partial charge >= 0.3 is 0 Å². The Hall–Kier alpha value is -2.17. The van der Waals surface area contributed by atoms with E-state index in [2.05, 4.69) is 53.1 Å². The molecule has 1 aliphatic rings. The van der Waals surface area contributed by atoms with Crippen molar-refractivity contribution in [3.05, 3.63) is 77.6 Å². The molecule has 2 aromatic carbocycles. The summed E-state index contributed by atoms with van der Waals surface area (Å²) in [6, 6.07) is 9.31. The van der Waals surface area contributed by atoms with Gasteiger partial charge < -0.3 is 9.16 Å². The van der Waals surface area contributed by atoms with Crippen LogP contribution in [0.2, 0.25) is 18.1 Å². The first-order chi connectivity index (χ1) is 13.5. The summed E-state index contributed by atoms with van der Waals surface area (Å²) >= 11 is 0. The third kappa shape index (κ3) is 3.71. The Labute approximate surface area is 175 Å². The molecule has 0 saturated carbocycles. The van der Waals surface area contributed by atoms with E-state index < -0.39 is 8.32 Å². The molecule has 2 aromatic rings. The van der Waals surface area contributed by atoms with Gasteiger partial charge in [0.1, 0.15) is 11.6 Å². The molecule has 0 heterocycles. The molecule has 1 atom stereocenters. The minimum Gasteiger partial charge on any atom is -0.496 e. The zero-order valence-corrected chi connectivity index (χ0v) is 19.4. The molecule has 4 heteroatoms. The molecule has 1 aliphatic carbocycles. The van der Waals surface area contributed by atoms with Crippen LogP contribution in [0.15, 0.2) is 55.1 Å². The first kappa shape index (κ1) is 21.5. The van der Waals surface area contributed by atoms with Crippen LogP contribution in [0, 0.1) is 5.82 Å². The number of hydrogen-bond acceptors (Lipinski definition) is 2. The predicted molar refractivity (Wildman–Crippen MR) is 122 cm³/mol. The molecule has 0 spiro atoms. The van der Waals surface area contributed by atoms with Crippen molar-refractivity contribution in [2.45, 2.75) is 51.4 Å². The van der Waals surface area contributed by atoms with Crippen molar-refractivity contribution in [2.75, 3.05) is 7.11 Å². The smallest absolute Gasteiger partial charge is 0.192 e. The number of hydrogen-bond donors (Lipinski definition) is 0. The zero-order chi connectivity index (χ0) is 21.6. The highest BCUT2D eigenvalue weighted by Crippen LogP contribution is 2.52. The maximum Gasteiger partial charge on any atom is 0.192 e. The molecular formula is C25H31FO2Si. The van der Waals surface area contributed by atoms with Crippen LogP contribution >= 0.6 is 0 Å². The van der Waals surface area contributed by atoms with E-state index in [1.807, 2.05) is 12.1 Å². The number of halogens is 1. The monoisotopic (exact) mass is 410 g/mol. The summed E-state index contributed by atoms with van der Waals surface area (Å²) < 4.78 is 26.8. The second kappa shape index (κ2) is 7.58. The highest BCUT2D eigenvalue weighted by Gasteiger charge is 2.38. The Balaban J connectivity index is 2.06. The van der Waals surface area contributed by atoms with Crippen molar-refractivity contribution in [3.63, 3.8) is 0 Å². The van der Waals surface area contributed by atoms with Crippen LogP contribution in [-0.2, 0) is 11.0 Å². The average molecular weight is 411 g/mol. The lowest BCUT2D eigenvalue weighted by atomic mass is 9.89. The molecule has 0 saturated heterocycles. The first-order valence-corrected chi connectivity index (χ1v) is 12.9. The summed E-state index contributed by atoms with van der Waals surface area (Å²) in [4.78, 5) is 0. The second-order valence-corrected chi connectivity index (χ2v) is 14.0. The minimum atomic E-state index is -1.86. The number of allylic oxidation sites excluding steroid dienone is 2. The molecule has 0 N–H and O–H groups in total. The van der Waals surface area contributed by atoms with Gasteiger partial charge in [0.15, 0.2) is 8.32 Å². The Morgan fingerprint density at radius 2 is 1.90 bits per heavy atom. The fourth-order valence-electron chi connectivity index (χ4n) is 3.62. The molecule has 0 aliphatic heterocycles. The molecule has 29 heavy (non-hydrogen) atoms. The van der Waals surface area contributed by atoms with Crippen molar-refractivity contribution in [1.82, 2.24) is 0 Å². The maximum atomic E-state index is 14.8. The van der Waals surface area contributed by atoms with E-state index in [9.17, 15) is 4.39 Å². The van der Waals surface area contributed by atoms with Crippen molar-refractivity contribution < 1.29 is 13.6 Å². The van der Waals surface area contributed by atoms with E-state index in [1.54, 1.807) is 19.3 Å². The quantitative estimate of drug-likeness (QED) is 0.370. The van der Waals surface area contributed by atoms with E-state index in [4.69, 9.17) is 9.16 Å².